The first-order valence-electron chi connectivity index (χ1n) is 4.92. The molecule has 1 atom stereocenters. The molecular weight excluding hydrogens is 340 g/mol. The zero-order valence-corrected chi connectivity index (χ0v) is 11.1. The Kier molecular flexibility index (Phi) is 2.31. The Morgan fingerprint density at radius 1 is 1.50 bits per heavy atom. The summed E-state index contributed by atoms with van der Waals surface area (Å²) < 4.78 is 0.857. The molecule has 4 nitrogen and oxygen atoms in total. The Morgan fingerprint density at radius 3 is 2.94 bits per heavy atom. The maximum atomic E-state index is 11.0. The molecule has 2 heterocycles. The molecule has 2 aliphatic heterocycles. The summed E-state index contributed by atoms with van der Waals surface area (Å²) in [5.41, 5.74) is 1.80. The second-order valence-corrected chi connectivity index (χ2v) is 5.51. The van der Waals surface area contributed by atoms with Crippen molar-refractivity contribution in [1.29, 1.82) is 0 Å². The predicted molar refractivity (Wildman–Crippen MR) is 70.0 cm³/mol. The first-order valence-corrected chi connectivity index (χ1v) is 6.33. The minimum absolute atomic E-state index is 0.0735. The van der Waals surface area contributed by atoms with Gasteiger partial charge in [0.15, 0.2) is 11.8 Å². The van der Waals surface area contributed by atoms with Crippen molar-refractivity contribution in [3.8, 4) is 0 Å². The Labute approximate surface area is 111 Å². The normalized spacial score (nSPS) is 32.9. The van der Waals surface area contributed by atoms with Crippen LogP contribution < -0.4 is 0 Å². The Hall–Kier alpha value is -0.530. The van der Waals surface area contributed by atoms with E-state index < -0.39 is 0 Å². The lowest BCUT2D eigenvalue weighted by Crippen LogP contribution is -2.34. The molecule has 0 aromatic rings. The molecule has 82 valence electrons. The topological polar surface area (TPSA) is 41.8 Å². The summed E-state index contributed by atoms with van der Waals surface area (Å²) in [6.45, 7) is 0. The molecule has 0 aromatic heterocycles. The van der Waals surface area contributed by atoms with E-state index in [1.165, 1.54) is 0 Å². The molecule has 16 heavy (non-hydrogen) atoms. The molecule has 0 amide bonds. The number of carbonyl (C=O) groups is 1. The van der Waals surface area contributed by atoms with Crippen LogP contribution in [0, 0.1) is 5.92 Å². The number of aliphatic imine (C=N–C) groups is 2. The van der Waals surface area contributed by atoms with E-state index in [9.17, 15) is 4.79 Å². The first-order chi connectivity index (χ1) is 7.61. The number of ketones is 1. The van der Waals surface area contributed by atoms with Crippen molar-refractivity contribution in [1.82, 2.24) is 0 Å². The largest absolute Gasteiger partial charge is 0.300 e. The lowest BCUT2D eigenvalue weighted by Gasteiger charge is -2.24. The summed E-state index contributed by atoms with van der Waals surface area (Å²) in [4.78, 5) is 19.6. The number of halogens is 2. The summed E-state index contributed by atoms with van der Waals surface area (Å²) in [7, 11) is 0. The zero-order chi connectivity index (χ0) is 11.3. The molecule has 1 unspecified atom stereocenters. The molecule has 1 aliphatic carbocycles. The standard InChI is InChI=1S/C10H8ClIN3O/c11-15-2-1-13-5-8(15)9(14-10(15)12)6-3-7(16)4-6/h1-2,5-6H,3-4H2/q+1. The van der Waals surface area contributed by atoms with E-state index in [1.807, 2.05) is 0 Å². The second-order valence-electron chi connectivity index (χ2n) is 4.01. The highest BCUT2D eigenvalue weighted by Crippen LogP contribution is 2.43. The monoisotopic (exact) mass is 348 g/mol. The quantitative estimate of drug-likeness (QED) is 0.408. The Balaban J connectivity index is 2.04. The van der Waals surface area contributed by atoms with Gasteiger partial charge in [0.25, 0.3) is 3.84 Å². The molecule has 3 rings (SSSR count). The molecule has 0 N–H and O–H groups in total. The van der Waals surface area contributed by atoms with Gasteiger partial charge < -0.3 is 0 Å². The van der Waals surface area contributed by atoms with Crippen LogP contribution in [-0.2, 0) is 4.79 Å². The highest BCUT2D eigenvalue weighted by Gasteiger charge is 2.47. The molecule has 0 aromatic carbocycles. The summed E-state index contributed by atoms with van der Waals surface area (Å²) in [6, 6.07) is 0. The fourth-order valence-electron chi connectivity index (χ4n) is 2.02. The molecule has 0 bridgehead atoms. The van der Waals surface area contributed by atoms with Crippen LogP contribution in [0.15, 0.2) is 33.8 Å². The number of fused-ring (bicyclic) bond motifs is 1. The molecule has 0 radical (unpaired) electrons. The third-order valence-corrected chi connectivity index (χ3v) is 4.73. The van der Waals surface area contributed by atoms with E-state index in [-0.39, 0.29) is 9.92 Å². The number of allylic oxidation sites excluding steroid dienone is 2. The van der Waals surface area contributed by atoms with Crippen molar-refractivity contribution in [2.24, 2.45) is 15.9 Å². The van der Waals surface area contributed by atoms with Crippen LogP contribution in [0.2, 0.25) is 0 Å². The highest BCUT2D eigenvalue weighted by molar-refractivity contribution is 14.1. The number of rotatable bonds is 1. The van der Waals surface area contributed by atoms with Gasteiger partial charge in [0, 0.05) is 18.8 Å². The van der Waals surface area contributed by atoms with Gasteiger partial charge in [-0.05, 0) is 0 Å². The van der Waals surface area contributed by atoms with Crippen LogP contribution in [0.4, 0.5) is 0 Å². The number of amidine groups is 1. The number of quaternary nitrogens is 1. The minimum Gasteiger partial charge on any atom is -0.300 e. The molecular formula is C10H8ClIN3O+. The molecule has 3 aliphatic rings. The van der Waals surface area contributed by atoms with Crippen LogP contribution in [-0.4, -0.2) is 19.8 Å². The lowest BCUT2D eigenvalue weighted by molar-refractivity contribution is -0.594. The van der Waals surface area contributed by atoms with E-state index in [4.69, 9.17) is 11.8 Å². The Bertz CT molecular complexity index is 500. The van der Waals surface area contributed by atoms with Crippen LogP contribution in [0.25, 0.3) is 0 Å². The van der Waals surface area contributed by atoms with Crippen LogP contribution in [0.3, 0.4) is 0 Å². The number of hydrogen-bond acceptors (Lipinski definition) is 3. The highest BCUT2D eigenvalue weighted by atomic mass is 127. The number of nitrogens with zero attached hydrogens (tertiary/aromatic N) is 3. The van der Waals surface area contributed by atoms with Crippen molar-refractivity contribution in [3.63, 3.8) is 0 Å². The Morgan fingerprint density at radius 2 is 2.25 bits per heavy atom. The van der Waals surface area contributed by atoms with E-state index in [0.29, 0.717) is 18.6 Å². The van der Waals surface area contributed by atoms with Gasteiger partial charge in [-0.2, -0.15) is 4.99 Å². The molecule has 6 heteroatoms. The fourth-order valence-corrected chi connectivity index (χ4v) is 2.91. The minimum atomic E-state index is 0.0735. The summed E-state index contributed by atoms with van der Waals surface area (Å²) >= 11 is 8.59. The van der Waals surface area contributed by atoms with E-state index >= 15 is 0 Å². The van der Waals surface area contributed by atoms with Gasteiger partial charge in [-0.3, -0.25) is 9.79 Å². The average Bonchev–Trinajstić information content (AvgIpc) is 2.47. The SMILES string of the molecule is O=C1CC(C2=C3C=NC=C[N+]3(Cl)C(I)=N2)C1. The van der Waals surface area contributed by atoms with E-state index in [1.54, 1.807) is 18.6 Å². The second kappa shape index (κ2) is 3.48. The van der Waals surface area contributed by atoms with Gasteiger partial charge in [0.1, 0.15) is 17.7 Å². The molecule has 0 saturated heterocycles. The smallest absolute Gasteiger partial charge is 0.292 e. The molecule has 1 fully saturated rings. The third-order valence-electron chi connectivity index (χ3n) is 2.98. The van der Waals surface area contributed by atoms with Crippen LogP contribution in [0.1, 0.15) is 12.8 Å². The van der Waals surface area contributed by atoms with Gasteiger partial charge in [-0.15, -0.1) is 4.00 Å². The molecule has 0 spiro atoms. The average molecular weight is 349 g/mol. The number of carbonyl (C=O) groups excluding carboxylic acids is 1. The first kappa shape index (κ1) is 10.6. The van der Waals surface area contributed by atoms with Gasteiger partial charge in [0.05, 0.1) is 35.0 Å². The van der Waals surface area contributed by atoms with Crippen molar-refractivity contribution >= 4 is 50.2 Å². The zero-order valence-electron chi connectivity index (χ0n) is 8.23. The maximum absolute atomic E-state index is 11.0. The third kappa shape index (κ3) is 1.34. The van der Waals surface area contributed by atoms with Gasteiger partial charge in [-0.1, -0.05) is 0 Å². The van der Waals surface area contributed by atoms with Gasteiger partial charge in [0.2, 0.25) is 5.70 Å². The van der Waals surface area contributed by atoms with Crippen LogP contribution >= 0.6 is 34.4 Å². The summed E-state index contributed by atoms with van der Waals surface area (Å²) in [6.07, 6.45) is 6.36. The van der Waals surface area contributed by atoms with Crippen molar-refractivity contribution in [2.45, 2.75) is 12.8 Å². The van der Waals surface area contributed by atoms with Gasteiger partial charge >= 0.3 is 0 Å². The molecule has 1 saturated carbocycles. The van der Waals surface area contributed by atoms with Crippen molar-refractivity contribution < 1.29 is 8.80 Å². The van der Waals surface area contributed by atoms with Crippen LogP contribution in [0.5, 0.6) is 0 Å². The number of hydrogen-bond donors (Lipinski definition) is 0. The predicted octanol–water partition coefficient (Wildman–Crippen LogP) is 2.51. The maximum Gasteiger partial charge on any atom is 0.292 e. The fraction of sp³-hybridized carbons (Fsp3) is 0.300. The van der Waals surface area contributed by atoms with E-state index in [0.717, 1.165) is 15.2 Å². The lowest BCUT2D eigenvalue weighted by atomic mass is 9.81. The number of Topliss-reactive ketones (excluding diaryl/α,β-unsaturated/α-hetero) is 1. The van der Waals surface area contributed by atoms with E-state index in [2.05, 4.69) is 32.6 Å². The van der Waals surface area contributed by atoms with Gasteiger partial charge in [-0.25, -0.2) is 0 Å². The van der Waals surface area contributed by atoms with Crippen molar-refractivity contribution in [2.75, 3.05) is 0 Å². The van der Waals surface area contributed by atoms with Crippen molar-refractivity contribution in [3.05, 3.63) is 23.8 Å². The summed E-state index contributed by atoms with van der Waals surface area (Å²) in [5, 5.41) is 0. The summed E-state index contributed by atoms with van der Waals surface area (Å²) in [5.74, 6) is 0.523.